The molecule has 0 heterocycles. The Morgan fingerprint density at radius 1 is 1.25 bits per heavy atom. The first-order chi connectivity index (χ1) is 13.2. The van der Waals surface area contributed by atoms with Gasteiger partial charge in [0.05, 0.1) is 24.1 Å². The fraction of sp³-hybridized carbons (Fsp3) is 0.167. The van der Waals surface area contributed by atoms with Gasteiger partial charge in [-0.25, -0.2) is 0 Å². The molecular formula is C18H16F3N3O3S. The number of nitrogens with one attached hydrogen (secondary N) is 2. The Kier molecular flexibility index (Phi) is 6.94. The van der Waals surface area contributed by atoms with Crippen LogP contribution in [-0.2, 0) is 11.0 Å². The molecule has 0 aliphatic rings. The lowest BCUT2D eigenvalue weighted by Crippen LogP contribution is -2.31. The number of para-hydroxylation sites is 2. The van der Waals surface area contributed by atoms with Gasteiger partial charge in [-0.2, -0.15) is 18.3 Å². The Morgan fingerprint density at radius 2 is 1.96 bits per heavy atom. The van der Waals surface area contributed by atoms with Gasteiger partial charge in [-0.15, -0.1) is 0 Å². The molecule has 0 saturated heterocycles. The molecule has 2 aromatic rings. The fourth-order valence-corrected chi connectivity index (χ4v) is 2.25. The van der Waals surface area contributed by atoms with E-state index in [1.165, 1.54) is 18.3 Å². The minimum atomic E-state index is -4.62. The number of amides is 1. The number of carbonyl (C=O) groups excluding carboxylic acids is 1. The van der Waals surface area contributed by atoms with E-state index in [9.17, 15) is 23.1 Å². The van der Waals surface area contributed by atoms with Crippen LogP contribution in [-0.4, -0.2) is 28.8 Å². The first kappa shape index (κ1) is 21.2. The van der Waals surface area contributed by atoms with Crippen molar-refractivity contribution in [1.82, 2.24) is 5.43 Å². The van der Waals surface area contributed by atoms with Crippen molar-refractivity contribution in [2.45, 2.75) is 13.1 Å². The highest BCUT2D eigenvalue weighted by molar-refractivity contribution is 7.82. The molecule has 0 unspecified atom stereocenters. The zero-order valence-electron chi connectivity index (χ0n) is 14.6. The van der Waals surface area contributed by atoms with Gasteiger partial charge in [-0.3, -0.25) is 10.2 Å². The molecule has 6 nitrogen and oxygen atoms in total. The van der Waals surface area contributed by atoms with Crippen LogP contribution in [0.3, 0.4) is 0 Å². The highest BCUT2D eigenvalue weighted by Crippen LogP contribution is 2.34. The molecule has 0 aromatic heterocycles. The third-order valence-electron chi connectivity index (χ3n) is 3.39. The number of hydrogen-bond donors (Lipinski definition) is 3. The minimum absolute atomic E-state index is 0.149. The zero-order valence-corrected chi connectivity index (χ0v) is 15.4. The van der Waals surface area contributed by atoms with Gasteiger partial charge >= 0.3 is 6.18 Å². The van der Waals surface area contributed by atoms with E-state index in [2.05, 4.69) is 15.8 Å². The third kappa shape index (κ3) is 5.43. The van der Waals surface area contributed by atoms with Crippen molar-refractivity contribution in [3.8, 4) is 11.5 Å². The van der Waals surface area contributed by atoms with Crippen molar-refractivity contribution >= 4 is 35.0 Å². The van der Waals surface area contributed by atoms with Crippen LogP contribution in [0.15, 0.2) is 47.6 Å². The lowest BCUT2D eigenvalue weighted by atomic mass is 10.1. The van der Waals surface area contributed by atoms with E-state index >= 15 is 0 Å². The summed E-state index contributed by atoms with van der Waals surface area (Å²) in [7, 11) is 0. The van der Waals surface area contributed by atoms with Crippen LogP contribution < -0.4 is 15.5 Å². The summed E-state index contributed by atoms with van der Waals surface area (Å²) in [6.45, 7) is 2.12. The molecule has 0 fully saturated rings. The lowest BCUT2D eigenvalue weighted by Gasteiger charge is -2.13. The van der Waals surface area contributed by atoms with Gasteiger partial charge in [0.1, 0.15) is 0 Å². The number of alkyl halides is 3. The normalized spacial score (nSPS) is 11.3. The largest absolute Gasteiger partial charge is 0.504 e. The van der Waals surface area contributed by atoms with Crippen molar-refractivity contribution in [3.63, 3.8) is 0 Å². The molecule has 0 radical (unpaired) electrons. The van der Waals surface area contributed by atoms with Gasteiger partial charge in [-0.1, -0.05) is 30.4 Å². The summed E-state index contributed by atoms with van der Waals surface area (Å²) < 4.78 is 44.1. The van der Waals surface area contributed by atoms with Crippen LogP contribution in [0.4, 0.5) is 18.9 Å². The number of thiocarbonyl (C=S) groups is 1. The van der Waals surface area contributed by atoms with Gasteiger partial charge in [0.15, 0.2) is 16.5 Å². The van der Waals surface area contributed by atoms with Gasteiger partial charge in [-0.05, 0) is 31.2 Å². The maximum absolute atomic E-state index is 13.0. The van der Waals surface area contributed by atoms with Crippen LogP contribution >= 0.6 is 12.2 Å². The smallest absolute Gasteiger partial charge is 0.418 e. The quantitative estimate of drug-likeness (QED) is 0.397. The molecule has 0 bridgehead atoms. The number of rotatable bonds is 5. The van der Waals surface area contributed by atoms with Crippen LogP contribution in [0.2, 0.25) is 0 Å². The van der Waals surface area contributed by atoms with E-state index in [-0.39, 0.29) is 11.5 Å². The second-order valence-electron chi connectivity index (χ2n) is 5.32. The average Bonchev–Trinajstić information content (AvgIpc) is 2.64. The average molecular weight is 411 g/mol. The van der Waals surface area contributed by atoms with Crippen molar-refractivity contribution < 1.29 is 27.8 Å². The molecule has 10 heteroatoms. The Morgan fingerprint density at radius 3 is 2.64 bits per heavy atom. The third-order valence-corrected chi connectivity index (χ3v) is 3.66. The van der Waals surface area contributed by atoms with Crippen molar-refractivity contribution in [1.29, 1.82) is 0 Å². The number of halogens is 3. The summed E-state index contributed by atoms with van der Waals surface area (Å²) in [5, 5.41) is 15.9. The minimum Gasteiger partial charge on any atom is -0.504 e. The monoisotopic (exact) mass is 411 g/mol. The van der Waals surface area contributed by atoms with E-state index in [1.807, 2.05) is 0 Å². The molecule has 3 N–H and O–H groups in total. The molecule has 2 aromatic carbocycles. The summed E-state index contributed by atoms with van der Waals surface area (Å²) in [5.41, 5.74) is 1.12. The number of hydrogen-bond acceptors (Lipinski definition) is 5. The Labute approximate surface area is 164 Å². The van der Waals surface area contributed by atoms with Gasteiger partial charge in [0.25, 0.3) is 5.91 Å². The number of anilines is 1. The maximum atomic E-state index is 13.0. The van der Waals surface area contributed by atoms with E-state index < -0.39 is 28.3 Å². The zero-order chi connectivity index (χ0) is 20.7. The number of ether oxygens (including phenoxy) is 1. The number of nitrogens with zero attached hydrogens (tertiary/aromatic N) is 1. The number of phenols is 1. The fourth-order valence-electron chi connectivity index (χ4n) is 2.15. The standard InChI is InChI=1S/C18H16F3N3O3S/c1-2-27-14-9-5-6-11(15(14)25)10-22-24-17(28)16(26)23-13-8-4-3-7-12(13)18(19,20)21/h3-10,25H,2H2,1H3,(H,23,26)(H,24,28). The van der Waals surface area contributed by atoms with Crippen LogP contribution in [0.25, 0.3) is 0 Å². The number of carbonyl (C=O) groups is 1. The van der Waals surface area contributed by atoms with Gasteiger partial charge in [0, 0.05) is 5.56 Å². The molecule has 148 valence electrons. The summed E-state index contributed by atoms with van der Waals surface area (Å²) in [4.78, 5) is 11.6. The van der Waals surface area contributed by atoms with Crippen molar-refractivity contribution in [2.24, 2.45) is 5.10 Å². The Hall–Kier alpha value is -3.14. The highest BCUT2D eigenvalue weighted by atomic mass is 32.1. The van der Waals surface area contributed by atoms with Crippen molar-refractivity contribution in [3.05, 3.63) is 53.6 Å². The molecule has 28 heavy (non-hydrogen) atoms. The lowest BCUT2D eigenvalue weighted by molar-refractivity contribution is -0.136. The summed E-state index contributed by atoms with van der Waals surface area (Å²) >= 11 is 4.82. The molecule has 2 rings (SSSR count). The molecule has 0 aliphatic heterocycles. The second-order valence-corrected chi connectivity index (χ2v) is 5.73. The van der Waals surface area contributed by atoms with E-state index in [0.29, 0.717) is 12.2 Å². The predicted molar refractivity (Wildman–Crippen MR) is 103 cm³/mol. The first-order valence-corrected chi connectivity index (χ1v) is 8.40. The topological polar surface area (TPSA) is 83.0 Å². The molecule has 0 spiro atoms. The first-order valence-electron chi connectivity index (χ1n) is 7.99. The predicted octanol–water partition coefficient (Wildman–Crippen LogP) is 3.70. The Balaban J connectivity index is 2.04. The molecular weight excluding hydrogens is 395 g/mol. The van der Waals surface area contributed by atoms with Gasteiger partial charge in [0.2, 0.25) is 0 Å². The van der Waals surface area contributed by atoms with Crippen LogP contribution in [0.5, 0.6) is 11.5 Å². The SMILES string of the molecule is CCOc1cccc(C=NNC(=S)C(=O)Nc2ccccc2C(F)(F)F)c1O. The van der Waals surface area contributed by atoms with E-state index in [1.54, 1.807) is 25.1 Å². The number of hydrazone groups is 1. The summed E-state index contributed by atoms with van der Waals surface area (Å²) in [6, 6.07) is 9.27. The molecule has 0 aliphatic carbocycles. The van der Waals surface area contributed by atoms with Crippen molar-refractivity contribution in [2.75, 3.05) is 11.9 Å². The van der Waals surface area contributed by atoms with Crippen LogP contribution in [0, 0.1) is 0 Å². The van der Waals surface area contributed by atoms with E-state index in [0.717, 1.165) is 12.1 Å². The summed E-state index contributed by atoms with van der Waals surface area (Å²) in [5.74, 6) is -0.851. The van der Waals surface area contributed by atoms with Gasteiger partial charge < -0.3 is 15.2 Å². The number of benzene rings is 2. The second kappa shape index (κ2) is 9.18. The number of aromatic hydroxyl groups is 1. The van der Waals surface area contributed by atoms with E-state index in [4.69, 9.17) is 17.0 Å². The van der Waals surface area contributed by atoms with Crippen LogP contribution in [0.1, 0.15) is 18.1 Å². The molecule has 1 amide bonds. The molecule has 0 atom stereocenters. The summed E-state index contributed by atoms with van der Waals surface area (Å²) in [6.07, 6.45) is -3.43. The Bertz CT molecular complexity index is 901. The number of phenolic OH excluding ortho intramolecular Hbond substituents is 1. The molecule has 0 saturated carbocycles. The highest BCUT2D eigenvalue weighted by Gasteiger charge is 2.33. The maximum Gasteiger partial charge on any atom is 0.418 e.